The predicted molar refractivity (Wildman–Crippen MR) is 127 cm³/mol. The van der Waals surface area contributed by atoms with Crippen molar-refractivity contribution < 1.29 is 20.1 Å². The summed E-state index contributed by atoms with van der Waals surface area (Å²) in [6.45, 7) is 5.46. The molecule has 4 aromatic rings. The number of rotatable bonds is 5. The van der Waals surface area contributed by atoms with Gasteiger partial charge in [0.2, 0.25) is 0 Å². The highest BCUT2D eigenvalue weighted by Crippen LogP contribution is 2.46. The van der Waals surface area contributed by atoms with Gasteiger partial charge in [0, 0.05) is 6.07 Å². The Hall–Kier alpha value is -4.12. The lowest BCUT2D eigenvalue weighted by Crippen LogP contribution is -2.11. The van der Waals surface area contributed by atoms with Crippen molar-refractivity contribution in [3.8, 4) is 28.7 Å². The van der Waals surface area contributed by atoms with Crippen molar-refractivity contribution in [3.05, 3.63) is 95.6 Å². The molecule has 0 unspecified atom stereocenters. The first-order valence-corrected chi connectivity index (χ1v) is 10.3. The lowest BCUT2D eigenvalue weighted by atomic mass is 10.1. The Bertz CT molecular complexity index is 1230. The minimum atomic E-state index is 0.0856. The van der Waals surface area contributed by atoms with Crippen molar-refractivity contribution >= 4 is 17.1 Å². The van der Waals surface area contributed by atoms with E-state index < -0.39 is 0 Å². The summed E-state index contributed by atoms with van der Waals surface area (Å²) >= 11 is 0. The summed E-state index contributed by atoms with van der Waals surface area (Å²) < 4.78 is 5.96. The molecule has 0 amide bonds. The van der Waals surface area contributed by atoms with Crippen molar-refractivity contribution in [3.63, 3.8) is 0 Å². The lowest BCUT2D eigenvalue weighted by Gasteiger charge is -2.28. The highest BCUT2D eigenvalue weighted by atomic mass is 16.5. The van der Waals surface area contributed by atoms with Crippen LogP contribution in [-0.2, 0) is 0 Å². The number of hydrogen-bond acceptors (Lipinski definition) is 5. The third-order valence-corrected chi connectivity index (χ3v) is 5.42. The molecule has 0 spiro atoms. The summed E-state index contributed by atoms with van der Waals surface area (Å²) in [5.41, 5.74) is 3.89. The van der Waals surface area contributed by atoms with Gasteiger partial charge < -0.3 is 25.0 Å². The van der Waals surface area contributed by atoms with Crippen LogP contribution in [0.25, 0.3) is 0 Å². The van der Waals surface area contributed by atoms with Gasteiger partial charge in [0.1, 0.15) is 17.2 Å². The Morgan fingerprint density at radius 2 is 1.09 bits per heavy atom. The monoisotopic (exact) mass is 427 g/mol. The van der Waals surface area contributed by atoms with E-state index in [0.29, 0.717) is 28.6 Å². The van der Waals surface area contributed by atoms with Crippen LogP contribution in [-0.4, -0.2) is 15.3 Å². The molecule has 5 heteroatoms. The number of benzene rings is 4. The number of para-hydroxylation sites is 3. The summed E-state index contributed by atoms with van der Waals surface area (Å²) in [4.78, 5) is 1.79. The zero-order chi connectivity index (χ0) is 22.8. The fourth-order valence-corrected chi connectivity index (χ4v) is 3.58. The number of nitrogens with zero attached hydrogens (tertiary/aromatic N) is 1. The number of aryl methyl sites for hydroxylation is 3. The lowest BCUT2D eigenvalue weighted by molar-refractivity contribution is 0.408. The van der Waals surface area contributed by atoms with E-state index in [1.165, 1.54) is 0 Å². The Morgan fingerprint density at radius 1 is 0.594 bits per heavy atom. The highest BCUT2D eigenvalue weighted by molar-refractivity contribution is 5.84. The minimum absolute atomic E-state index is 0.0856. The topological polar surface area (TPSA) is 73.2 Å². The van der Waals surface area contributed by atoms with Crippen LogP contribution in [0.1, 0.15) is 16.7 Å². The van der Waals surface area contributed by atoms with Crippen LogP contribution in [0.5, 0.6) is 28.7 Å². The van der Waals surface area contributed by atoms with Gasteiger partial charge in [-0.25, -0.2) is 0 Å². The first kappa shape index (κ1) is 21.1. The van der Waals surface area contributed by atoms with E-state index in [-0.39, 0.29) is 17.2 Å². The Labute approximate surface area is 187 Å². The average molecular weight is 428 g/mol. The second-order valence-corrected chi connectivity index (χ2v) is 7.74. The van der Waals surface area contributed by atoms with Crippen LogP contribution in [0.3, 0.4) is 0 Å². The van der Waals surface area contributed by atoms with E-state index in [4.69, 9.17) is 4.74 Å². The molecule has 0 bridgehead atoms. The highest BCUT2D eigenvalue weighted by Gasteiger charge is 2.21. The van der Waals surface area contributed by atoms with Crippen LogP contribution >= 0.6 is 0 Å². The fraction of sp³-hybridized carbons (Fsp3) is 0.111. The number of anilines is 3. The van der Waals surface area contributed by atoms with Crippen molar-refractivity contribution in [1.82, 2.24) is 0 Å². The van der Waals surface area contributed by atoms with E-state index in [9.17, 15) is 15.3 Å². The molecule has 0 saturated carbocycles. The van der Waals surface area contributed by atoms with E-state index in [1.54, 1.807) is 48.2 Å². The SMILES string of the molecule is Cc1cccc(Oc2cccc(N(c3cccc(C)c3O)c3cccc(C)c3O)c2)c1O. The molecular weight excluding hydrogens is 402 g/mol. The third kappa shape index (κ3) is 3.93. The number of phenols is 3. The molecule has 4 aromatic carbocycles. The number of aromatic hydroxyl groups is 3. The molecule has 0 aliphatic rings. The van der Waals surface area contributed by atoms with E-state index >= 15 is 0 Å². The standard InChI is InChI=1S/C27H25NO4/c1-17-8-4-13-22(25(17)29)28(23-14-5-9-18(2)26(23)30)20-11-7-12-21(16-20)32-24-15-6-10-19(3)27(24)31/h4-16,29-31H,1-3H3. The molecule has 0 fully saturated rings. The third-order valence-electron chi connectivity index (χ3n) is 5.42. The molecular formula is C27H25NO4. The molecule has 4 rings (SSSR count). The zero-order valence-corrected chi connectivity index (χ0v) is 18.2. The molecule has 0 heterocycles. The second-order valence-electron chi connectivity index (χ2n) is 7.74. The Morgan fingerprint density at radius 3 is 1.69 bits per heavy atom. The van der Waals surface area contributed by atoms with Gasteiger partial charge in [0.05, 0.1) is 17.1 Å². The molecule has 162 valence electrons. The van der Waals surface area contributed by atoms with Gasteiger partial charge in [-0.3, -0.25) is 0 Å². The predicted octanol–water partition coefficient (Wildman–Crippen LogP) is 6.99. The number of ether oxygens (including phenoxy) is 1. The minimum Gasteiger partial charge on any atom is -0.505 e. The van der Waals surface area contributed by atoms with Gasteiger partial charge in [0.25, 0.3) is 0 Å². The van der Waals surface area contributed by atoms with Crippen LogP contribution in [0.15, 0.2) is 78.9 Å². The van der Waals surface area contributed by atoms with Crippen LogP contribution < -0.4 is 9.64 Å². The first-order chi connectivity index (χ1) is 15.4. The van der Waals surface area contributed by atoms with Gasteiger partial charge in [-0.05, 0) is 67.8 Å². The second kappa shape index (κ2) is 8.55. The summed E-state index contributed by atoms with van der Waals surface area (Å²) in [5.74, 6) is 1.19. The van der Waals surface area contributed by atoms with Crippen molar-refractivity contribution in [1.29, 1.82) is 0 Å². The van der Waals surface area contributed by atoms with Gasteiger partial charge >= 0.3 is 0 Å². The van der Waals surface area contributed by atoms with E-state index in [2.05, 4.69) is 0 Å². The summed E-state index contributed by atoms with van der Waals surface area (Å²) in [7, 11) is 0. The maximum absolute atomic E-state index is 10.8. The molecule has 0 saturated heterocycles. The van der Waals surface area contributed by atoms with Gasteiger partial charge in [-0.1, -0.05) is 42.5 Å². The number of phenolic OH excluding ortho intramolecular Hbond substituents is 3. The van der Waals surface area contributed by atoms with Crippen LogP contribution in [0.2, 0.25) is 0 Å². The van der Waals surface area contributed by atoms with E-state index in [1.807, 2.05) is 56.3 Å². The van der Waals surface area contributed by atoms with Gasteiger partial charge in [-0.2, -0.15) is 0 Å². The van der Waals surface area contributed by atoms with Gasteiger partial charge in [0.15, 0.2) is 11.5 Å². The summed E-state index contributed by atoms with van der Waals surface area (Å²) in [6, 6.07) is 23.6. The zero-order valence-electron chi connectivity index (χ0n) is 18.2. The van der Waals surface area contributed by atoms with Crippen molar-refractivity contribution in [2.75, 3.05) is 4.90 Å². The van der Waals surface area contributed by atoms with Crippen molar-refractivity contribution in [2.45, 2.75) is 20.8 Å². The number of hydrogen-bond donors (Lipinski definition) is 3. The molecule has 3 N–H and O–H groups in total. The fourth-order valence-electron chi connectivity index (χ4n) is 3.58. The quantitative estimate of drug-likeness (QED) is 0.320. The average Bonchev–Trinajstić information content (AvgIpc) is 2.78. The molecule has 0 aliphatic heterocycles. The molecule has 0 aromatic heterocycles. The maximum atomic E-state index is 10.8. The smallest absolute Gasteiger partial charge is 0.169 e. The normalized spacial score (nSPS) is 10.7. The summed E-state index contributed by atoms with van der Waals surface area (Å²) in [6.07, 6.45) is 0. The molecule has 5 nitrogen and oxygen atoms in total. The van der Waals surface area contributed by atoms with Crippen LogP contribution in [0.4, 0.5) is 17.1 Å². The van der Waals surface area contributed by atoms with Crippen LogP contribution in [0, 0.1) is 20.8 Å². The molecule has 0 atom stereocenters. The Kier molecular flexibility index (Phi) is 5.65. The summed E-state index contributed by atoms with van der Waals surface area (Å²) in [5, 5.41) is 32.0. The van der Waals surface area contributed by atoms with Gasteiger partial charge in [-0.15, -0.1) is 0 Å². The van der Waals surface area contributed by atoms with Crippen molar-refractivity contribution in [2.24, 2.45) is 0 Å². The molecule has 32 heavy (non-hydrogen) atoms. The molecule has 0 radical (unpaired) electrons. The molecule has 0 aliphatic carbocycles. The first-order valence-electron chi connectivity index (χ1n) is 10.3. The van der Waals surface area contributed by atoms with E-state index in [0.717, 1.165) is 16.7 Å². The maximum Gasteiger partial charge on any atom is 0.169 e. The Balaban J connectivity index is 1.85. The largest absolute Gasteiger partial charge is 0.505 e.